The number of hydrogen-bond acceptors (Lipinski definition) is 4. The number of rotatable bonds is 4. The molecule has 0 aliphatic rings. The summed E-state index contributed by atoms with van der Waals surface area (Å²) < 4.78 is 18.1. The molecule has 0 saturated heterocycles. The number of benzene rings is 1. The highest BCUT2D eigenvalue weighted by Gasteiger charge is 2.20. The van der Waals surface area contributed by atoms with Crippen LogP contribution in [0.5, 0.6) is 5.75 Å². The Bertz CT molecular complexity index is 528. The third-order valence-corrected chi connectivity index (χ3v) is 2.39. The number of primary amides is 1. The predicted molar refractivity (Wildman–Crippen MR) is 67.5 cm³/mol. The maximum atomic E-state index is 13.2. The minimum absolute atomic E-state index is 0.0855. The fourth-order valence-electron chi connectivity index (χ4n) is 1.22. The first-order valence-electron chi connectivity index (χ1n) is 4.82. The van der Waals surface area contributed by atoms with Gasteiger partial charge in [-0.25, -0.2) is 4.39 Å². The number of thiocarbonyl (C=S) groups is 1. The summed E-state index contributed by atoms with van der Waals surface area (Å²) in [5.74, 6) is -2.37. The van der Waals surface area contributed by atoms with Crippen LogP contribution in [0.2, 0.25) is 0 Å². The first-order chi connectivity index (χ1) is 8.47. The van der Waals surface area contributed by atoms with Crippen molar-refractivity contribution in [2.75, 3.05) is 12.4 Å². The Morgan fingerprint density at radius 2 is 2.28 bits per heavy atom. The molecule has 0 bridgehead atoms. The minimum Gasteiger partial charge on any atom is -0.497 e. The predicted octanol–water partition coefficient (Wildman–Crippen LogP) is 1.20. The number of hydrogen-bond donors (Lipinski definition) is 2. The molecule has 0 fully saturated rings. The van der Waals surface area contributed by atoms with Gasteiger partial charge in [0.25, 0.3) is 0 Å². The van der Waals surface area contributed by atoms with Gasteiger partial charge in [0.1, 0.15) is 16.6 Å². The lowest BCUT2D eigenvalue weighted by molar-refractivity contribution is -0.118. The standard InChI is InChI=1S/C11H10FN3O2S/c1-17-8-3-6(12)2-7(4-8)15-11(18)9(5-13)10(14)16/h2-4,9H,1H3,(H2,14,16)(H,15,18). The van der Waals surface area contributed by atoms with E-state index in [2.05, 4.69) is 5.32 Å². The molecule has 1 aromatic carbocycles. The molecule has 5 nitrogen and oxygen atoms in total. The Labute approximate surface area is 108 Å². The quantitative estimate of drug-likeness (QED) is 0.800. The van der Waals surface area contributed by atoms with Gasteiger partial charge in [-0.3, -0.25) is 4.79 Å². The van der Waals surface area contributed by atoms with Gasteiger partial charge >= 0.3 is 0 Å². The molecule has 0 heterocycles. The Hall–Kier alpha value is -2.20. The highest BCUT2D eigenvalue weighted by Crippen LogP contribution is 2.20. The Morgan fingerprint density at radius 3 is 2.78 bits per heavy atom. The highest BCUT2D eigenvalue weighted by atomic mass is 32.1. The third-order valence-electron chi connectivity index (χ3n) is 2.05. The van der Waals surface area contributed by atoms with Gasteiger partial charge in [-0.1, -0.05) is 12.2 Å². The lowest BCUT2D eigenvalue weighted by Gasteiger charge is -2.11. The number of nitriles is 1. The van der Waals surface area contributed by atoms with Gasteiger partial charge in [-0.2, -0.15) is 5.26 Å². The van der Waals surface area contributed by atoms with Crippen LogP contribution in [0.1, 0.15) is 0 Å². The molecular weight excluding hydrogens is 257 g/mol. The Kier molecular flexibility index (Phi) is 4.57. The van der Waals surface area contributed by atoms with Gasteiger partial charge in [-0.05, 0) is 6.07 Å². The average molecular weight is 267 g/mol. The molecule has 0 radical (unpaired) electrons. The van der Waals surface area contributed by atoms with Crippen molar-refractivity contribution in [2.24, 2.45) is 11.7 Å². The zero-order valence-corrected chi connectivity index (χ0v) is 10.3. The fraction of sp³-hybridized carbons (Fsp3) is 0.182. The number of amides is 1. The molecule has 1 aromatic rings. The molecule has 18 heavy (non-hydrogen) atoms. The van der Waals surface area contributed by atoms with E-state index >= 15 is 0 Å². The van der Waals surface area contributed by atoms with Crippen molar-refractivity contribution in [3.8, 4) is 11.8 Å². The second-order valence-corrected chi connectivity index (χ2v) is 3.77. The number of nitrogens with zero attached hydrogens (tertiary/aromatic N) is 1. The lowest BCUT2D eigenvalue weighted by atomic mass is 10.1. The van der Waals surface area contributed by atoms with E-state index in [1.165, 1.54) is 19.2 Å². The van der Waals surface area contributed by atoms with Crippen LogP contribution in [-0.2, 0) is 4.79 Å². The first kappa shape index (κ1) is 13.9. The van der Waals surface area contributed by atoms with E-state index in [1.807, 2.05) is 0 Å². The molecule has 0 spiro atoms. The average Bonchev–Trinajstić information content (AvgIpc) is 2.28. The van der Waals surface area contributed by atoms with Gasteiger partial charge < -0.3 is 15.8 Å². The molecular formula is C11H10FN3O2S. The van der Waals surface area contributed by atoms with E-state index in [4.69, 9.17) is 28.0 Å². The summed E-state index contributed by atoms with van der Waals surface area (Å²) >= 11 is 4.86. The number of methoxy groups -OCH3 is 1. The van der Waals surface area contributed by atoms with Crippen molar-refractivity contribution < 1.29 is 13.9 Å². The number of anilines is 1. The van der Waals surface area contributed by atoms with Crippen molar-refractivity contribution in [1.82, 2.24) is 0 Å². The SMILES string of the molecule is COc1cc(F)cc(NC(=S)C(C#N)C(N)=O)c1. The van der Waals surface area contributed by atoms with E-state index < -0.39 is 17.6 Å². The molecule has 0 aromatic heterocycles. The van der Waals surface area contributed by atoms with E-state index in [0.717, 1.165) is 6.07 Å². The van der Waals surface area contributed by atoms with Gasteiger partial charge in [-0.15, -0.1) is 0 Å². The number of nitrogens with two attached hydrogens (primary N) is 1. The van der Waals surface area contributed by atoms with Crippen molar-refractivity contribution >= 4 is 28.8 Å². The molecule has 1 unspecified atom stereocenters. The van der Waals surface area contributed by atoms with Crippen LogP contribution in [0.3, 0.4) is 0 Å². The summed E-state index contributed by atoms with van der Waals surface area (Å²) in [5.41, 5.74) is 5.28. The molecule has 0 saturated carbocycles. The summed E-state index contributed by atoms with van der Waals surface area (Å²) in [4.78, 5) is 10.8. The highest BCUT2D eigenvalue weighted by molar-refractivity contribution is 7.80. The zero-order chi connectivity index (χ0) is 13.7. The van der Waals surface area contributed by atoms with Gasteiger partial charge in [0, 0.05) is 17.8 Å². The molecule has 94 valence electrons. The number of ether oxygens (including phenoxy) is 1. The Balaban J connectivity index is 2.91. The Morgan fingerprint density at radius 1 is 1.61 bits per heavy atom. The zero-order valence-electron chi connectivity index (χ0n) is 9.44. The van der Waals surface area contributed by atoms with Crippen molar-refractivity contribution in [3.05, 3.63) is 24.0 Å². The number of halogens is 1. The minimum atomic E-state index is -1.26. The van der Waals surface area contributed by atoms with Gasteiger partial charge in [0.05, 0.1) is 13.2 Å². The fourth-order valence-corrected chi connectivity index (χ4v) is 1.51. The summed E-state index contributed by atoms with van der Waals surface area (Å²) in [6.45, 7) is 0. The van der Waals surface area contributed by atoms with Crippen molar-refractivity contribution in [2.45, 2.75) is 0 Å². The first-order valence-corrected chi connectivity index (χ1v) is 5.23. The van der Waals surface area contributed by atoms with Crippen LogP contribution in [0.25, 0.3) is 0 Å². The smallest absolute Gasteiger partial charge is 0.241 e. The second-order valence-electron chi connectivity index (χ2n) is 3.33. The topological polar surface area (TPSA) is 88.1 Å². The molecule has 3 N–H and O–H groups in total. The van der Waals surface area contributed by atoms with Crippen LogP contribution in [0, 0.1) is 23.1 Å². The second kappa shape index (κ2) is 5.93. The van der Waals surface area contributed by atoms with E-state index in [1.54, 1.807) is 6.07 Å². The molecule has 1 atom stereocenters. The number of nitrogens with one attached hydrogen (secondary N) is 1. The normalized spacial score (nSPS) is 11.2. The lowest BCUT2D eigenvalue weighted by Crippen LogP contribution is -2.32. The van der Waals surface area contributed by atoms with Crippen LogP contribution >= 0.6 is 12.2 Å². The number of carbonyl (C=O) groups is 1. The van der Waals surface area contributed by atoms with Crippen LogP contribution in [0.15, 0.2) is 18.2 Å². The summed E-state index contributed by atoms with van der Waals surface area (Å²) in [6, 6.07) is 5.48. The number of carbonyl (C=O) groups excluding carboxylic acids is 1. The van der Waals surface area contributed by atoms with Crippen LogP contribution in [0.4, 0.5) is 10.1 Å². The third kappa shape index (κ3) is 3.40. The molecule has 0 aliphatic heterocycles. The van der Waals surface area contributed by atoms with E-state index in [9.17, 15) is 9.18 Å². The van der Waals surface area contributed by atoms with E-state index in [-0.39, 0.29) is 16.4 Å². The maximum absolute atomic E-state index is 13.2. The van der Waals surface area contributed by atoms with Gasteiger partial charge in [0.2, 0.25) is 5.91 Å². The maximum Gasteiger partial charge on any atom is 0.241 e. The van der Waals surface area contributed by atoms with Crippen molar-refractivity contribution in [3.63, 3.8) is 0 Å². The van der Waals surface area contributed by atoms with Crippen LogP contribution in [-0.4, -0.2) is 18.0 Å². The largest absolute Gasteiger partial charge is 0.497 e. The summed E-state index contributed by atoms with van der Waals surface area (Å²) in [6.07, 6.45) is 0. The molecule has 1 amide bonds. The molecule has 7 heteroatoms. The monoisotopic (exact) mass is 267 g/mol. The van der Waals surface area contributed by atoms with Gasteiger partial charge in [0.15, 0.2) is 5.92 Å². The summed E-state index contributed by atoms with van der Waals surface area (Å²) in [7, 11) is 1.39. The molecule has 1 rings (SSSR count). The van der Waals surface area contributed by atoms with Crippen molar-refractivity contribution in [1.29, 1.82) is 5.26 Å². The molecule has 0 aliphatic carbocycles. The summed E-state index contributed by atoms with van der Waals surface area (Å²) in [5, 5.41) is 11.3. The van der Waals surface area contributed by atoms with E-state index in [0.29, 0.717) is 0 Å². The van der Waals surface area contributed by atoms with Crippen LogP contribution < -0.4 is 15.8 Å².